The number of esters is 1. The van der Waals surface area contributed by atoms with Crippen molar-refractivity contribution in [2.24, 2.45) is 5.41 Å². The Kier molecular flexibility index (Phi) is 2.55. The molecule has 12 heavy (non-hydrogen) atoms. The maximum atomic E-state index is 11.5. The van der Waals surface area contributed by atoms with Crippen molar-refractivity contribution in [3.63, 3.8) is 0 Å². The summed E-state index contributed by atoms with van der Waals surface area (Å²) in [5.74, 6) is -0.0411. The molecular formula is C10H16O2. The van der Waals surface area contributed by atoms with E-state index in [0.717, 1.165) is 18.4 Å². The van der Waals surface area contributed by atoms with Crippen molar-refractivity contribution in [1.82, 2.24) is 0 Å². The van der Waals surface area contributed by atoms with Crippen molar-refractivity contribution in [1.29, 1.82) is 0 Å². The van der Waals surface area contributed by atoms with Gasteiger partial charge in [-0.15, -0.1) is 0 Å². The Balaban J connectivity index is 2.66. The van der Waals surface area contributed by atoms with Crippen molar-refractivity contribution in [2.75, 3.05) is 6.61 Å². The van der Waals surface area contributed by atoms with Gasteiger partial charge < -0.3 is 4.74 Å². The van der Waals surface area contributed by atoms with Crippen LogP contribution in [-0.4, -0.2) is 12.6 Å². The number of allylic oxidation sites excluding steroid dienone is 1. The van der Waals surface area contributed by atoms with Crippen LogP contribution in [0.2, 0.25) is 0 Å². The fourth-order valence-electron chi connectivity index (χ4n) is 1.43. The molecule has 0 N–H and O–H groups in total. The van der Waals surface area contributed by atoms with Crippen LogP contribution in [0.5, 0.6) is 0 Å². The molecule has 0 aromatic carbocycles. The molecule has 0 amide bonds. The summed E-state index contributed by atoms with van der Waals surface area (Å²) in [4.78, 5) is 11.5. The zero-order chi connectivity index (χ0) is 9.19. The van der Waals surface area contributed by atoms with E-state index in [2.05, 4.69) is 0 Å². The normalized spacial score (nSPS) is 20.4. The van der Waals surface area contributed by atoms with E-state index >= 15 is 0 Å². The quantitative estimate of drug-likeness (QED) is 0.477. The van der Waals surface area contributed by atoms with Crippen LogP contribution in [-0.2, 0) is 9.53 Å². The van der Waals surface area contributed by atoms with Crippen molar-refractivity contribution in [3.05, 3.63) is 11.6 Å². The number of carbonyl (C=O) groups is 1. The fraction of sp³-hybridized carbons (Fsp3) is 0.700. The highest BCUT2D eigenvalue weighted by atomic mass is 16.5. The minimum Gasteiger partial charge on any atom is -0.465 e. The molecule has 0 aromatic heterocycles. The molecule has 0 aliphatic heterocycles. The lowest BCUT2D eigenvalue weighted by Gasteiger charge is -2.13. The molecule has 1 rings (SSSR count). The molecule has 1 aliphatic rings. The number of carbonyl (C=O) groups excluding carboxylic acids is 1. The summed E-state index contributed by atoms with van der Waals surface area (Å²) in [6.07, 6.45) is 3.92. The van der Waals surface area contributed by atoms with Gasteiger partial charge in [0.25, 0.3) is 0 Å². The first kappa shape index (κ1) is 9.30. The summed E-state index contributed by atoms with van der Waals surface area (Å²) in [6, 6.07) is 0. The molecule has 1 saturated carbocycles. The summed E-state index contributed by atoms with van der Waals surface area (Å²) < 4.78 is 5.01. The second-order valence-electron chi connectivity index (χ2n) is 3.27. The zero-order valence-corrected chi connectivity index (χ0v) is 8.02. The molecule has 0 heterocycles. The molecule has 0 aromatic rings. The second kappa shape index (κ2) is 3.30. The van der Waals surface area contributed by atoms with E-state index in [0.29, 0.717) is 6.61 Å². The molecule has 1 fully saturated rings. The maximum absolute atomic E-state index is 11.5. The topological polar surface area (TPSA) is 26.3 Å². The Labute approximate surface area is 73.6 Å². The number of rotatable bonds is 3. The zero-order valence-electron chi connectivity index (χ0n) is 8.02. The van der Waals surface area contributed by atoms with Crippen LogP contribution in [0.15, 0.2) is 11.6 Å². The first-order chi connectivity index (χ1) is 5.67. The Bertz CT molecular complexity index is 212. The predicted molar refractivity (Wildman–Crippen MR) is 47.7 cm³/mol. The van der Waals surface area contributed by atoms with Gasteiger partial charge in [0, 0.05) is 0 Å². The largest absolute Gasteiger partial charge is 0.465 e. The maximum Gasteiger partial charge on any atom is 0.316 e. The molecule has 0 radical (unpaired) electrons. The van der Waals surface area contributed by atoms with E-state index in [1.807, 2.05) is 26.8 Å². The van der Waals surface area contributed by atoms with Crippen molar-refractivity contribution in [2.45, 2.75) is 33.6 Å². The van der Waals surface area contributed by atoms with Crippen LogP contribution in [0.4, 0.5) is 0 Å². The summed E-state index contributed by atoms with van der Waals surface area (Å²) >= 11 is 0. The van der Waals surface area contributed by atoms with Gasteiger partial charge in [-0.05, 0) is 33.6 Å². The second-order valence-corrected chi connectivity index (χ2v) is 3.27. The number of ether oxygens (including phenoxy) is 1. The third kappa shape index (κ3) is 1.38. The predicted octanol–water partition coefficient (Wildman–Crippen LogP) is 2.30. The smallest absolute Gasteiger partial charge is 0.316 e. The Hall–Kier alpha value is -0.790. The first-order valence-corrected chi connectivity index (χ1v) is 4.48. The van der Waals surface area contributed by atoms with Gasteiger partial charge in [-0.3, -0.25) is 4.79 Å². The first-order valence-electron chi connectivity index (χ1n) is 4.48. The highest BCUT2D eigenvalue weighted by Gasteiger charge is 2.52. The molecule has 2 nitrogen and oxygen atoms in total. The van der Waals surface area contributed by atoms with Crippen LogP contribution in [0, 0.1) is 5.41 Å². The minimum atomic E-state index is -0.231. The summed E-state index contributed by atoms with van der Waals surface area (Å²) in [5.41, 5.74) is 0.922. The molecule has 0 bridgehead atoms. The molecule has 0 saturated heterocycles. The van der Waals surface area contributed by atoms with Gasteiger partial charge in [0.2, 0.25) is 0 Å². The third-order valence-corrected chi connectivity index (χ3v) is 2.60. The van der Waals surface area contributed by atoms with Gasteiger partial charge >= 0.3 is 5.97 Å². The molecule has 0 atom stereocenters. The minimum absolute atomic E-state index is 0.0411. The lowest BCUT2D eigenvalue weighted by atomic mass is 9.97. The summed E-state index contributed by atoms with van der Waals surface area (Å²) in [5, 5.41) is 0. The Morgan fingerprint density at radius 1 is 1.58 bits per heavy atom. The SMILES string of the molecule is C/C=C(\C)C1(C(=O)OCC)CC1. The van der Waals surface area contributed by atoms with E-state index < -0.39 is 0 Å². The van der Waals surface area contributed by atoms with Crippen LogP contribution < -0.4 is 0 Å². The van der Waals surface area contributed by atoms with Gasteiger partial charge in [-0.25, -0.2) is 0 Å². The molecule has 1 aliphatic carbocycles. The van der Waals surface area contributed by atoms with Gasteiger partial charge in [0.05, 0.1) is 12.0 Å². The van der Waals surface area contributed by atoms with Crippen LogP contribution >= 0.6 is 0 Å². The highest BCUT2D eigenvalue weighted by Crippen LogP contribution is 2.52. The molecular weight excluding hydrogens is 152 g/mol. The summed E-state index contributed by atoms with van der Waals surface area (Å²) in [6.45, 7) is 6.30. The van der Waals surface area contributed by atoms with Gasteiger partial charge in [-0.1, -0.05) is 11.6 Å². The Morgan fingerprint density at radius 3 is 2.50 bits per heavy atom. The van der Waals surface area contributed by atoms with E-state index in [4.69, 9.17) is 4.74 Å². The third-order valence-electron chi connectivity index (χ3n) is 2.60. The standard InChI is InChI=1S/C10H16O2/c1-4-8(3)10(6-7-10)9(11)12-5-2/h4H,5-7H2,1-3H3/b8-4+. The van der Waals surface area contributed by atoms with E-state index in [1.165, 1.54) is 0 Å². The van der Waals surface area contributed by atoms with Gasteiger partial charge in [0.15, 0.2) is 0 Å². The van der Waals surface area contributed by atoms with E-state index in [9.17, 15) is 4.79 Å². The Morgan fingerprint density at radius 2 is 2.17 bits per heavy atom. The van der Waals surface area contributed by atoms with Crippen LogP contribution in [0.1, 0.15) is 33.6 Å². The fourth-order valence-corrected chi connectivity index (χ4v) is 1.43. The average Bonchev–Trinajstić information content (AvgIpc) is 2.84. The van der Waals surface area contributed by atoms with Crippen molar-refractivity contribution in [3.8, 4) is 0 Å². The van der Waals surface area contributed by atoms with Crippen molar-refractivity contribution < 1.29 is 9.53 Å². The van der Waals surface area contributed by atoms with E-state index in [-0.39, 0.29) is 11.4 Å². The van der Waals surface area contributed by atoms with Gasteiger partial charge in [0.1, 0.15) is 0 Å². The monoisotopic (exact) mass is 168 g/mol. The molecule has 68 valence electrons. The van der Waals surface area contributed by atoms with Crippen molar-refractivity contribution >= 4 is 5.97 Å². The lowest BCUT2D eigenvalue weighted by Crippen LogP contribution is -2.20. The molecule has 0 unspecified atom stereocenters. The number of hydrogen-bond acceptors (Lipinski definition) is 2. The number of hydrogen-bond donors (Lipinski definition) is 0. The average molecular weight is 168 g/mol. The van der Waals surface area contributed by atoms with Crippen LogP contribution in [0.25, 0.3) is 0 Å². The van der Waals surface area contributed by atoms with Crippen LogP contribution in [0.3, 0.4) is 0 Å². The molecule has 0 spiro atoms. The lowest BCUT2D eigenvalue weighted by molar-refractivity contribution is -0.148. The highest BCUT2D eigenvalue weighted by molar-refractivity contribution is 5.83. The van der Waals surface area contributed by atoms with E-state index in [1.54, 1.807) is 0 Å². The van der Waals surface area contributed by atoms with Gasteiger partial charge in [-0.2, -0.15) is 0 Å². The molecule has 2 heteroatoms. The summed E-state index contributed by atoms with van der Waals surface area (Å²) in [7, 11) is 0.